The van der Waals surface area contributed by atoms with Crippen LogP contribution < -0.4 is 5.32 Å². The number of rotatable bonds is 4. The second-order valence-electron chi connectivity index (χ2n) is 6.33. The fourth-order valence-electron chi connectivity index (χ4n) is 4.28. The number of hydrogen-bond donors (Lipinski definition) is 1. The number of piperidine rings is 1. The molecule has 0 aliphatic carbocycles. The Kier molecular flexibility index (Phi) is 4.22. The van der Waals surface area contributed by atoms with Crippen molar-refractivity contribution in [3.05, 3.63) is 0 Å². The minimum atomic E-state index is 0.725. The molecule has 3 rings (SSSR count). The van der Waals surface area contributed by atoms with E-state index in [0.717, 1.165) is 37.4 Å². The molecule has 0 amide bonds. The first-order chi connectivity index (χ1) is 8.88. The van der Waals surface area contributed by atoms with Crippen molar-refractivity contribution in [3.63, 3.8) is 0 Å². The highest BCUT2D eigenvalue weighted by Crippen LogP contribution is 2.38. The zero-order chi connectivity index (χ0) is 12.4. The van der Waals surface area contributed by atoms with Crippen molar-refractivity contribution in [2.24, 2.45) is 0 Å². The van der Waals surface area contributed by atoms with Gasteiger partial charge in [-0.2, -0.15) is 0 Å². The van der Waals surface area contributed by atoms with E-state index in [-0.39, 0.29) is 0 Å². The molecule has 3 atom stereocenters. The number of nitrogens with one attached hydrogen (secondary N) is 1. The molecule has 3 unspecified atom stereocenters. The molecule has 3 saturated heterocycles. The van der Waals surface area contributed by atoms with E-state index in [4.69, 9.17) is 4.74 Å². The van der Waals surface area contributed by atoms with Crippen LogP contribution in [0.4, 0.5) is 0 Å². The van der Waals surface area contributed by atoms with E-state index in [0.29, 0.717) is 0 Å². The van der Waals surface area contributed by atoms with Crippen LogP contribution in [-0.2, 0) is 4.74 Å². The van der Waals surface area contributed by atoms with Gasteiger partial charge in [0.25, 0.3) is 0 Å². The molecule has 3 aliphatic rings. The lowest BCUT2D eigenvalue weighted by Crippen LogP contribution is -2.55. The van der Waals surface area contributed by atoms with Crippen molar-refractivity contribution in [2.75, 3.05) is 19.8 Å². The second-order valence-corrected chi connectivity index (χ2v) is 6.33. The Labute approximate surface area is 111 Å². The van der Waals surface area contributed by atoms with Crippen LogP contribution in [0, 0.1) is 0 Å². The van der Waals surface area contributed by atoms with Gasteiger partial charge in [-0.15, -0.1) is 0 Å². The van der Waals surface area contributed by atoms with Gasteiger partial charge < -0.3 is 10.1 Å². The van der Waals surface area contributed by atoms with Gasteiger partial charge >= 0.3 is 0 Å². The summed E-state index contributed by atoms with van der Waals surface area (Å²) >= 11 is 0. The van der Waals surface area contributed by atoms with Gasteiger partial charge in [-0.05, 0) is 51.5 Å². The zero-order valence-electron chi connectivity index (χ0n) is 11.7. The maximum Gasteiger partial charge on any atom is 0.0622 e. The molecule has 3 heteroatoms. The van der Waals surface area contributed by atoms with Crippen LogP contribution in [0.3, 0.4) is 0 Å². The summed E-state index contributed by atoms with van der Waals surface area (Å²) in [5.41, 5.74) is 0. The average Bonchev–Trinajstić information content (AvgIpc) is 2.69. The highest BCUT2D eigenvalue weighted by atomic mass is 16.5. The Hall–Kier alpha value is -0.120. The third-order valence-corrected chi connectivity index (χ3v) is 5.03. The number of fused-ring (bicyclic) bond motifs is 2. The quantitative estimate of drug-likeness (QED) is 0.830. The summed E-state index contributed by atoms with van der Waals surface area (Å²) in [4.78, 5) is 2.84. The normalized spacial score (nSPS) is 41.2. The predicted octanol–water partition coefficient (Wildman–Crippen LogP) is 2.16. The van der Waals surface area contributed by atoms with Crippen LogP contribution >= 0.6 is 0 Å². The largest absolute Gasteiger partial charge is 0.380 e. The highest BCUT2D eigenvalue weighted by Gasteiger charge is 2.43. The van der Waals surface area contributed by atoms with Crippen LogP contribution in [0.15, 0.2) is 0 Å². The van der Waals surface area contributed by atoms with E-state index in [1.807, 2.05) is 0 Å². The summed E-state index contributed by atoms with van der Waals surface area (Å²) < 4.78 is 5.69. The molecule has 0 saturated carbocycles. The van der Waals surface area contributed by atoms with Crippen LogP contribution in [0.1, 0.15) is 51.9 Å². The first-order valence-electron chi connectivity index (χ1n) is 7.97. The van der Waals surface area contributed by atoms with Crippen LogP contribution in [-0.4, -0.2) is 48.8 Å². The van der Waals surface area contributed by atoms with Crippen molar-refractivity contribution in [1.29, 1.82) is 0 Å². The third kappa shape index (κ3) is 2.59. The monoisotopic (exact) mass is 252 g/mol. The van der Waals surface area contributed by atoms with E-state index in [9.17, 15) is 0 Å². The molecule has 104 valence electrons. The minimum absolute atomic E-state index is 0.725. The Balaban J connectivity index is 1.58. The minimum Gasteiger partial charge on any atom is -0.380 e. The fourth-order valence-corrected chi connectivity index (χ4v) is 4.28. The summed E-state index contributed by atoms with van der Waals surface area (Å²) in [5.74, 6) is 0. The van der Waals surface area contributed by atoms with Gasteiger partial charge in [0.05, 0.1) is 6.61 Å². The number of nitrogens with zero attached hydrogens (tertiary/aromatic N) is 1. The van der Waals surface area contributed by atoms with Gasteiger partial charge in [-0.1, -0.05) is 6.92 Å². The van der Waals surface area contributed by atoms with Crippen molar-refractivity contribution >= 4 is 0 Å². The molecule has 0 radical (unpaired) electrons. The molecular formula is C15H28N2O. The lowest BCUT2D eigenvalue weighted by molar-refractivity contribution is -0.0206. The Morgan fingerprint density at radius 2 is 1.89 bits per heavy atom. The van der Waals surface area contributed by atoms with E-state index in [2.05, 4.69) is 17.1 Å². The van der Waals surface area contributed by atoms with E-state index >= 15 is 0 Å². The maximum absolute atomic E-state index is 5.69. The number of ether oxygens (including phenoxy) is 1. The lowest BCUT2D eigenvalue weighted by Gasteiger charge is -2.45. The molecule has 0 aromatic carbocycles. The maximum atomic E-state index is 5.69. The van der Waals surface area contributed by atoms with Crippen LogP contribution in [0.2, 0.25) is 0 Å². The Morgan fingerprint density at radius 1 is 1.11 bits per heavy atom. The summed E-state index contributed by atoms with van der Waals surface area (Å²) in [5, 5.41) is 3.74. The summed E-state index contributed by atoms with van der Waals surface area (Å²) in [6.07, 6.45) is 9.46. The van der Waals surface area contributed by atoms with Crippen LogP contribution in [0.5, 0.6) is 0 Å². The molecule has 3 fully saturated rings. The molecule has 0 aromatic heterocycles. The van der Waals surface area contributed by atoms with Gasteiger partial charge in [0.15, 0.2) is 0 Å². The average molecular weight is 252 g/mol. The van der Waals surface area contributed by atoms with Crippen molar-refractivity contribution < 1.29 is 4.74 Å². The van der Waals surface area contributed by atoms with Crippen LogP contribution in [0.25, 0.3) is 0 Å². The van der Waals surface area contributed by atoms with Crippen molar-refractivity contribution in [3.8, 4) is 0 Å². The molecule has 2 bridgehead atoms. The van der Waals surface area contributed by atoms with E-state index in [1.54, 1.807) is 0 Å². The third-order valence-electron chi connectivity index (χ3n) is 5.03. The lowest BCUT2D eigenvalue weighted by atomic mass is 9.94. The smallest absolute Gasteiger partial charge is 0.0622 e. The highest BCUT2D eigenvalue weighted by molar-refractivity contribution is 5.00. The predicted molar refractivity (Wildman–Crippen MR) is 73.8 cm³/mol. The molecule has 0 spiro atoms. The molecule has 3 nitrogen and oxygen atoms in total. The van der Waals surface area contributed by atoms with Gasteiger partial charge in [0.1, 0.15) is 0 Å². The first kappa shape index (κ1) is 12.9. The topological polar surface area (TPSA) is 24.5 Å². The Morgan fingerprint density at radius 3 is 2.50 bits per heavy atom. The summed E-state index contributed by atoms with van der Waals surface area (Å²) in [6.45, 7) is 5.42. The summed E-state index contributed by atoms with van der Waals surface area (Å²) in [6, 6.07) is 3.18. The molecule has 3 heterocycles. The zero-order valence-corrected chi connectivity index (χ0v) is 11.7. The standard InChI is InChI=1S/C15H28N2O/c1-2-7-16-12-9-13-5-6-14(10-12)17(13)15-4-3-8-18-11-15/h12-16H,2-11H2,1H3. The molecule has 18 heavy (non-hydrogen) atoms. The SMILES string of the molecule is CCCNC1CC2CCC(C1)N2C1CCCOC1. The molecule has 1 N–H and O–H groups in total. The van der Waals surface area contributed by atoms with Crippen molar-refractivity contribution in [2.45, 2.75) is 76.0 Å². The Bertz CT molecular complexity index is 251. The van der Waals surface area contributed by atoms with Crippen molar-refractivity contribution in [1.82, 2.24) is 10.2 Å². The first-order valence-corrected chi connectivity index (χ1v) is 7.97. The van der Waals surface area contributed by atoms with Gasteiger partial charge in [-0.25, -0.2) is 0 Å². The van der Waals surface area contributed by atoms with Gasteiger partial charge in [0, 0.05) is 30.8 Å². The second kappa shape index (κ2) is 5.89. The molecule has 0 aromatic rings. The molecule has 3 aliphatic heterocycles. The fraction of sp³-hybridized carbons (Fsp3) is 1.00. The van der Waals surface area contributed by atoms with Gasteiger partial charge in [0.2, 0.25) is 0 Å². The summed E-state index contributed by atoms with van der Waals surface area (Å²) in [7, 11) is 0. The number of hydrogen-bond acceptors (Lipinski definition) is 3. The van der Waals surface area contributed by atoms with E-state index in [1.165, 1.54) is 51.5 Å². The van der Waals surface area contributed by atoms with E-state index < -0.39 is 0 Å². The molecular weight excluding hydrogens is 224 g/mol. The van der Waals surface area contributed by atoms with Gasteiger partial charge in [-0.3, -0.25) is 4.90 Å².